The molecule has 0 unspecified atom stereocenters. The van der Waals surface area contributed by atoms with Crippen molar-refractivity contribution in [2.45, 2.75) is 32.0 Å². The predicted octanol–water partition coefficient (Wildman–Crippen LogP) is 3.62. The molecule has 0 spiro atoms. The van der Waals surface area contributed by atoms with Crippen molar-refractivity contribution in [1.29, 1.82) is 0 Å². The number of nitrogens with one attached hydrogen (secondary N) is 1. The molecular weight excluding hydrogens is 282 g/mol. The maximum atomic E-state index is 5.93. The van der Waals surface area contributed by atoms with E-state index in [1.165, 1.54) is 24.0 Å². The summed E-state index contributed by atoms with van der Waals surface area (Å²) in [6.45, 7) is 1.71. The first kappa shape index (κ1) is 14.4. The zero-order chi connectivity index (χ0) is 14.7. The molecule has 1 heterocycles. The molecule has 3 rings (SSSR count). The summed E-state index contributed by atoms with van der Waals surface area (Å²) in [5.41, 5.74) is 2.48. The number of aromatic nitrogens is 1. The van der Waals surface area contributed by atoms with Gasteiger partial charge in [-0.25, -0.2) is 4.98 Å². The first-order valence-corrected chi connectivity index (χ1v) is 7.73. The van der Waals surface area contributed by atoms with Gasteiger partial charge in [0.2, 0.25) is 0 Å². The first-order valence-electron chi connectivity index (χ1n) is 7.35. The van der Waals surface area contributed by atoms with E-state index in [9.17, 15) is 0 Å². The van der Waals surface area contributed by atoms with E-state index in [0.29, 0.717) is 6.04 Å². The van der Waals surface area contributed by atoms with Crippen LogP contribution in [0.25, 0.3) is 0 Å². The predicted molar refractivity (Wildman–Crippen MR) is 87.7 cm³/mol. The fourth-order valence-electron chi connectivity index (χ4n) is 2.39. The molecule has 1 aromatic heterocycles. The normalized spacial score (nSPS) is 14.2. The molecule has 0 radical (unpaired) electrons. The summed E-state index contributed by atoms with van der Waals surface area (Å²) < 4.78 is 0. The standard InChI is InChI=1S/C17H20ClN3/c1-21(12-13-4-6-15(18)7-5-13)17-14(3-2-10-19-17)11-20-16-8-9-16/h2-7,10,16,20H,8-9,11-12H2,1H3. The maximum absolute atomic E-state index is 5.93. The van der Waals surface area contributed by atoms with Gasteiger partial charge in [0, 0.05) is 43.0 Å². The van der Waals surface area contributed by atoms with Crippen LogP contribution >= 0.6 is 11.6 Å². The van der Waals surface area contributed by atoms with Crippen LogP contribution in [0.3, 0.4) is 0 Å². The largest absolute Gasteiger partial charge is 0.355 e. The number of benzene rings is 1. The van der Waals surface area contributed by atoms with Gasteiger partial charge in [-0.3, -0.25) is 0 Å². The molecule has 1 saturated carbocycles. The third-order valence-corrected chi connectivity index (χ3v) is 3.97. The fraction of sp³-hybridized carbons (Fsp3) is 0.353. The van der Waals surface area contributed by atoms with Crippen molar-refractivity contribution < 1.29 is 0 Å². The van der Waals surface area contributed by atoms with Gasteiger partial charge in [0.25, 0.3) is 0 Å². The van der Waals surface area contributed by atoms with Gasteiger partial charge < -0.3 is 10.2 Å². The Morgan fingerprint density at radius 1 is 1.24 bits per heavy atom. The minimum absolute atomic E-state index is 0.708. The van der Waals surface area contributed by atoms with Crippen LogP contribution < -0.4 is 10.2 Å². The molecule has 1 aliphatic rings. The molecule has 21 heavy (non-hydrogen) atoms. The topological polar surface area (TPSA) is 28.2 Å². The van der Waals surface area contributed by atoms with Crippen molar-refractivity contribution in [3.63, 3.8) is 0 Å². The van der Waals surface area contributed by atoms with Crippen LogP contribution in [0.2, 0.25) is 5.02 Å². The Bertz CT molecular complexity index is 593. The second-order valence-electron chi connectivity index (χ2n) is 5.62. The molecule has 110 valence electrons. The summed E-state index contributed by atoms with van der Waals surface area (Å²) in [5.74, 6) is 1.04. The number of rotatable bonds is 6. The number of nitrogens with zero attached hydrogens (tertiary/aromatic N) is 2. The lowest BCUT2D eigenvalue weighted by Crippen LogP contribution is -2.22. The van der Waals surface area contributed by atoms with Crippen molar-refractivity contribution in [2.75, 3.05) is 11.9 Å². The molecule has 1 aliphatic carbocycles. The molecule has 0 amide bonds. The minimum atomic E-state index is 0.708. The number of pyridine rings is 1. The van der Waals surface area contributed by atoms with Crippen molar-refractivity contribution in [3.8, 4) is 0 Å². The SMILES string of the molecule is CN(Cc1ccc(Cl)cc1)c1ncccc1CNC1CC1. The highest BCUT2D eigenvalue weighted by Crippen LogP contribution is 2.22. The average Bonchev–Trinajstić information content (AvgIpc) is 3.32. The van der Waals surface area contributed by atoms with Crippen molar-refractivity contribution in [3.05, 3.63) is 58.7 Å². The van der Waals surface area contributed by atoms with Crippen LogP contribution in [0, 0.1) is 0 Å². The Hall–Kier alpha value is -1.58. The lowest BCUT2D eigenvalue weighted by Gasteiger charge is -2.21. The van der Waals surface area contributed by atoms with Crippen molar-refractivity contribution >= 4 is 17.4 Å². The van der Waals surface area contributed by atoms with E-state index >= 15 is 0 Å². The highest BCUT2D eigenvalue weighted by atomic mass is 35.5. The smallest absolute Gasteiger partial charge is 0.133 e. The molecule has 1 aromatic carbocycles. The lowest BCUT2D eigenvalue weighted by molar-refractivity contribution is 0.683. The van der Waals surface area contributed by atoms with Gasteiger partial charge in [-0.15, -0.1) is 0 Å². The molecule has 2 aromatic rings. The van der Waals surface area contributed by atoms with Crippen LogP contribution in [0.4, 0.5) is 5.82 Å². The number of halogens is 1. The summed E-state index contributed by atoms with van der Waals surface area (Å²) in [5, 5.41) is 4.33. The second kappa shape index (κ2) is 6.46. The third-order valence-electron chi connectivity index (χ3n) is 3.72. The molecule has 0 saturated heterocycles. The van der Waals surface area contributed by atoms with Crippen LogP contribution in [-0.4, -0.2) is 18.1 Å². The van der Waals surface area contributed by atoms with E-state index in [2.05, 4.69) is 40.4 Å². The van der Waals surface area contributed by atoms with Crippen LogP contribution in [0.5, 0.6) is 0 Å². The quantitative estimate of drug-likeness (QED) is 0.883. The maximum Gasteiger partial charge on any atom is 0.133 e. The minimum Gasteiger partial charge on any atom is -0.355 e. The Kier molecular flexibility index (Phi) is 4.42. The fourth-order valence-corrected chi connectivity index (χ4v) is 2.52. The molecule has 4 heteroatoms. The van der Waals surface area contributed by atoms with Crippen LogP contribution in [0.1, 0.15) is 24.0 Å². The Morgan fingerprint density at radius 2 is 2.00 bits per heavy atom. The van der Waals surface area contributed by atoms with Gasteiger partial charge in [0.05, 0.1) is 0 Å². The van der Waals surface area contributed by atoms with E-state index in [-0.39, 0.29) is 0 Å². The Morgan fingerprint density at radius 3 is 2.71 bits per heavy atom. The molecule has 0 atom stereocenters. The van der Waals surface area contributed by atoms with E-state index < -0.39 is 0 Å². The monoisotopic (exact) mass is 301 g/mol. The Labute approximate surface area is 131 Å². The third kappa shape index (κ3) is 3.96. The Balaban J connectivity index is 1.70. The zero-order valence-corrected chi connectivity index (χ0v) is 13.0. The number of hydrogen-bond donors (Lipinski definition) is 1. The van der Waals surface area contributed by atoms with E-state index in [1.807, 2.05) is 24.4 Å². The molecule has 3 nitrogen and oxygen atoms in total. The molecular formula is C17H20ClN3. The molecule has 0 aliphatic heterocycles. The average molecular weight is 302 g/mol. The van der Waals surface area contributed by atoms with Gasteiger partial charge in [0.1, 0.15) is 5.82 Å². The van der Waals surface area contributed by atoms with Gasteiger partial charge >= 0.3 is 0 Å². The summed E-state index contributed by atoms with van der Waals surface area (Å²) in [7, 11) is 2.08. The van der Waals surface area contributed by atoms with E-state index in [0.717, 1.165) is 23.9 Å². The summed E-state index contributed by atoms with van der Waals surface area (Å²) >= 11 is 5.93. The van der Waals surface area contributed by atoms with E-state index in [4.69, 9.17) is 11.6 Å². The molecule has 1 fully saturated rings. The highest BCUT2D eigenvalue weighted by molar-refractivity contribution is 6.30. The highest BCUT2D eigenvalue weighted by Gasteiger charge is 2.21. The zero-order valence-electron chi connectivity index (χ0n) is 12.2. The number of hydrogen-bond acceptors (Lipinski definition) is 3. The van der Waals surface area contributed by atoms with Crippen molar-refractivity contribution in [2.24, 2.45) is 0 Å². The van der Waals surface area contributed by atoms with Gasteiger partial charge in [-0.2, -0.15) is 0 Å². The van der Waals surface area contributed by atoms with Gasteiger partial charge in [0.15, 0.2) is 0 Å². The summed E-state index contributed by atoms with van der Waals surface area (Å²) in [4.78, 5) is 6.74. The first-order chi connectivity index (χ1) is 10.2. The second-order valence-corrected chi connectivity index (χ2v) is 6.06. The van der Waals surface area contributed by atoms with Gasteiger partial charge in [-0.1, -0.05) is 29.8 Å². The van der Waals surface area contributed by atoms with E-state index in [1.54, 1.807) is 0 Å². The summed E-state index contributed by atoms with van der Waals surface area (Å²) in [6, 6.07) is 12.8. The summed E-state index contributed by atoms with van der Waals surface area (Å²) in [6.07, 6.45) is 4.46. The van der Waals surface area contributed by atoms with Crippen molar-refractivity contribution in [1.82, 2.24) is 10.3 Å². The molecule has 0 bridgehead atoms. The van der Waals surface area contributed by atoms with Crippen LogP contribution in [-0.2, 0) is 13.1 Å². The van der Waals surface area contributed by atoms with Crippen LogP contribution in [0.15, 0.2) is 42.6 Å². The molecule has 1 N–H and O–H groups in total. The number of anilines is 1. The van der Waals surface area contributed by atoms with Gasteiger partial charge in [-0.05, 0) is 36.6 Å². The lowest BCUT2D eigenvalue weighted by atomic mass is 10.2.